The van der Waals surface area contributed by atoms with Crippen LogP contribution < -0.4 is 0 Å². The molecule has 0 radical (unpaired) electrons. The van der Waals surface area contributed by atoms with Crippen molar-refractivity contribution in [3.05, 3.63) is 276 Å². The van der Waals surface area contributed by atoms with Crippen LogP contribution in [0.5, 0.6) is 0 Å². The van der Waals surface area contributed by atoms with Crippen LogP contribution >= 0.6 is 0 Å². The zero-order chi connectivity index (χ0) is 57.6. The molecule has 0 fully saturated rings. The maximum absolute atomic E-state index is 4.18. The van der Waals surface area contributed by atoms with Gasteiger partial charge in [-0.05, 0) is 208 Å². The second-order valence-corrected chi connectivity index (χ2v) is 22.5. The molecule has 0 saturated heterocycles. The molecule has 83 heavy (non-hydrogen) atoms. The summed E-state index contributed by atoms with van der Waals surface area (Å²) < 4.78 is 4.85. The van der Waals surface area contributed by atoms with Crippen molar-refractivity contribution >= 4 is 61.2 Å². The number of nitrogens with zero attached hydrogens (tertiary/aromatic N) is 2. The van der Waals surface area contributed by atoms with E-state index >= 15 is 0 Å². The van der Waals surface area contributed by atoms with E-state index < -0.39 is 0 Å². The van der Waals surface area contributed by atoms with Crippen LogP contribution in [-0.2, 0) is 19.3 Å². The Labute approximate surface area is 494 Å². The Balaban J connectivity index is 0.000000251. The lowest BCUT2D eigenvalue weighted by molar-refractivity contribution is 0.633. The molecule has 2 heterocycles. The minimum atomic E-state index is 0.572. The van der Waals surface area contributed by atoms with Crippen molar-refractivity contribution in [3.63, 3.8) is 0 Å². The number of aryl methyl sites for hydroxylation is 1. The van der Waals surface area contributed by atoms with Crippen molar-refractivity contribution in [2.24, 2.45) is 5.92 Å². The molecule has 2 nitrogen and oxygen atoms in total. The quantitative estimate of drug-likeness (QED) is 0.0906. The zero-order valence-electron chi connectivity index (χ0n) is 49.9. The second kappa shape index (κ2) is 25.2. The summed E-state index contributed by atoms with van der Waals surface area (Å²) in [5.41, 5.74) is 30.1. The van der Waals surface area contributed by atoms with Crippen molar-refractivity contribution in [2.45, 2.75) is 106 Å². The molecule has 0 amide bonds. The van der Waals surface area contributed by atoms with Crippen LogP contribution in [0.4, 0.5) is 0 Å². The minimum Gasteiger partial charge on any atom is -0.310 e. The van der Waals surface area contributed by atoms with Gasteiger partial charge >= 0.3 is 0 Å². The molecule has 7 aromatic carbocycles. The fourth-order valence-corrected chi connectivity index (χ4v) is 13.5. The van der Waals surface area contributed by atoms with Gasteiger partial charge in [0.05, 0.1) is 16.6 Å². The third-order valence-corrected chi connectivity index (χ3v) is 17.2. The lowest BCUT2D eigenvalue weighted by atomic mass is 9.95. The van der Waals surface area contributed by atoms with Crippen LogP contribution in [-0.4, -0.2) is 9.13 Å². The van der Waals surface area contributed by atoms with Gasteiger partial charge in [-0.2, -0.15) is 0 Å². The zero-order valence-corrected chi connectivity index (χ0v) is 49.9. The predicted molar refractivity (Wildman–Crippen MR) is 364 cm³/mol. The second-order valence-electron chi connectivity index (χ2n) is 22.5. The highest BCUT2D eigenvalue weighted by Gasteiger charge is 2.24. The first-order valence-electron chi connectivity index (χ1n) is 30.7. The Hall–Kier alpha value is -8.72. The van der Waals surface area contributed by atoms with E-state index in [9.17, 15) is 0 Å². The van der Waals surface area contributed by atoms with Crippen molar-refractivity contribution in [3.8, 4) is 39.1 Å². The third-order valence-electron chi connectivity index (χ3n) is 17.2. The Morgan fingerprint density at radius 2 is 1.27 bits per heavy atom. The van der Waals surface area contributed by atoms with Crippen LogP contribution in [0.25, 0.3) is 100 Å². The normalized spacial score (nSPS) is 14.8. The van der Waals surface area contributed by atoms with E-state index in [0.717, 1.165) is 56.2 Å². The molecule has 1 unspecified atom stereocenters. The molecule has 0 bridgehead atoms. The minimum absolute atomic E-state index is 0.572. The smallest absolute Gasteiger partial charge is 0.0541 e. The third kappa shape index (κ3) is 11.0. The molecule has 13 rings (SSSR count). The summed E-state index contributed by atoms with van der Waals surface area (Å²) in [6.07, 6.45) is 35.2. The molecule has 4 aliphatic rings. The number of aromatic nitrogens is 2. The van der Waals surface area contributed by atoms with Crippen molar-refractivity contribution in [1.82, 2.24) is 9.13 Å². The van der Waals surface area contributed by atoms with E-state index in [1.54, 1.807) is 5.57 Å². The van der Waals surface area contributed by atoms with Crippen LogP contribution in [0.3, 0.4) is 0 Å². The van der Waals surface area contributed by atoms with Gasteiger partial charge in [-0.15, -0.1) is 0 Å². The van der Waals surface area contributed by atoms with Gasteiger partial charge in [0.2, 0.25) is 0 Å². The molecule has 2 aromatic heterocycles. The lowest BCUT2D eigenvalue weighted by Crippen LogP contribution is -2.02. The van der Waals surface area contributed by atoms with E-state index in [-0.39, 0.29) is 0 Å². The molecule has 1 atom stereocenters. The SMILES string of the molecule is C=C/C(=C\C(C)CCC)n1c2c(c3ccccc31)CCC=C2.C=C/C=C(\C=C/C)c1cccc(-c2cccc(-n3c4ccc(-c5ccc6c(c5)CC(CCC)=C6C=C)cc4c4cc(-c5ccc6c(c5)CC5=C6C=CCC5)ccc43)c2)c1.CC. The standard InChI is InChI=1S/C58H49N.C21H25N.C2H6/c1-5-13-38(14-6-2)39-17-11-18-40(30-39)41-19-12-20-50(35-41)59-57-28-24-44(42-22-26-53-48(31-42)33-46(15-7-3)51(53)8-4)36-55(57)56-37-45(25-29-58(56)59)43-23-27-54-49(32-43)34-47-16-9-10-21-52(47)54;1-4-10-16(3)15-17(5-2)22-20-13-8-6-11-18(20)19-12-7-9-14-21(19)22;1-2/h5-6,8,10-14,17-32,35-37H,1,4,7,9,15-16,33-34H2,2-3H3;5-6,8-9,11,13-16H,2,4,7,10,12H2,1,3H3;1-2H3/b14-6-,38-13+;17-15+;. The maximum Gasteiger partial charge on any atom is 0.0541 e. The molecule has 4 aliphatic carbocycles. The summed E-state index contributed by atoms with van der Waals surface area (Å²) in [5.74, 6) is 0.572. The molecule has 0 saturated carbocycles. The number of para-hydroxylation sites is 1. The van der Waals surface area contributed by atoms with Gasteiger partial charge in [0.1, 0.15) is 0 Å². The van der Waals surface area contributed by atoms with Gasteiger partial charge in [-0.1, -0.05) is 230 Å². The van der Waals surface area contributed by atoms with E-state index in [1.807, 2.05) is 26.0 Å². The van der Waals surface area contributed by atoms with Gasteiger partial charge in [0.25, 0.3) is 0 Å². The first-order valence-corrected chi connectivity index (χ1v) is 30.7. The van der Waals surface area contributed by atoms with Crippen LogP contribution in [0.1, 0.15) is 126 Å². The Morgan fingerprint density at radius 1 is 0.614 bits per heavy atom. The highest BCUT2D eigenvalue weighted by Crippen LogP contribution is 2.44. The van der Waals surface area contributed by atoms with Gasteiger partial charge in [0, 0.05) is 33.2 Å². The first kappa shape index (κ1) is 56.2. The van der Waals surface area contributed by atoms with Gasteiger partial charge < -0.3 is 9.13 Å². The van der Waals surface area contributed by atoms with Gasteiger partial charge in [-0.25, -0.2) is 0 Å². The fraction of sp³-hybridized carbons (Fsp3) is 0.210. The number of hydrogen-bond donors (Lipinski definition) is 0. The molecular weight excluding hydrogens is 1000 g/mol. The van der Waals surface area contributed by atoms with Crippen LogP contribution in [0.15, 0.2) is 237 Å². The molecule has 0 spiro atoms. The number of rotatable bonds is 15. The summed E-state index contributed by atoms with van der Waals surface area (Å²) >= 11 is 0. The Morgan fingerprint density at radius 3 is 1.96 bits per heavy atom. The van der Waals surface area contributed by atoms with E-state index in [0.29, 0.717) is 5.92 Å². The number of hydrogen-bond acceptors (Lipinski definition) is 0. The van der Waals surface area contributed by atoms with E-state index in [4.69, 9.17) is 0 Å². The summed E-state index contributed by atoms with van der Waals surface area (Å²) in [5, 5.41) is 3.91. The Kier molecular flexibility index (Phi) is 17.0. The molecule has 0 aliphatic heterocycles. The largest absolute Gasteiger partial charge is 0.310 e. The average Bonchev–Trinajstić information content (AvgIpc) is 2.49. The van der Waals surface area contributed by atoms with Crippen LogP contribution in [0.2, 0.25) is 0 Å². The summed E-state index contributed by atoms with van der Waals surface area (Å²) in [4.78, 5) is 0. The maximum atomic E-state index is 4.18. The Bertz CT molecular complexity index is 4210. The summed E-state index contributed by atoms with van der Waals surface area (Å²) in [6, 6.07) is 54.9. The summed E-state index contributed by atoms with van der Waals surface area (Å²) in [7, 11) is 0. The van der Waals surface area contributed by atoms with E-state index in [2.05, 4.69) is 257 Å². The van der Waals surface area contributed by atoms with E-state index in [1.165, 1.54) is 147 Å². The monoisotopic (exact) mass is 1080 g/mol. The topological polar surface area (TPSA) is 9.86 Å². The van der Waals surface area contributed by atoms with Crippen molar-refractivity contribution < 1.29 is 0 Å². The van der Waals surface area contributed by atoms with Crippen LogP contribution in [0, 0.1) is 5.92 Å². The lowest BCUT2D eigenvalue weighted by Gasteiger charge is -2.15. The van der Waals surface area contributed by atoms with Crippen molar-refractivity contribution in [1.29, 1.82) is 0 Å². The first-order chi connectivity index (χ1) is 40.8. The number of benzene rings is 7. The molecule has 2 heteroatoms. The molecule has 9 aromatic rings. The molecule has 0 N–H and O–H groups in total. The number of allylic oxidation sites excluding steroid dienone is 16. The predicted octanol–water partition coefficient (Wildman–Crippen LogP) is 23.0. The fourth-order valence-electron chi connectivity index (χ4n) is 13.5. The van der Waals surface area contributed by atoms with Gasteiger partial charge in [0.15, 0.2) is 0 Å². The average molecular weight is 1080 g/mol. The summed E-state index contributed by atoms with van der Waals surface area (Å²) in [6.45, 7) is 25.1. The highest BCUT2D eigenvalue weighted by molar-refractivity contribution is 6.12. The molecule has 414 valence electrons. The van der Waals surface area contributed by atoms with Crippen molar-refractivity contribution in [2.75, 3.05) is 0 Å². The van der Waals surface area contributed by atoms with Gasteiger partial charge in [-0.3, -0.25) is 0 Å². The highest BCUT2D eigenvalue weighted by atomic mass is 15.0. The molecular formula is C81H80N2. The number of fused-ring (bicyclic) bond motifs is 9.